The first-order valence-electron chi connectivity index (χ1n) is 10.4. The summed E-state index contributed by atoms with van der Waals surface area (Å²) >= 11 is 6.06. The van der Waals surface area contributed by atoms with Crippen LogP contribution in [0.5, 0.6) is 5.75 Å². The molecule has 1 aliphatic rings. The highest BCUT2D eigenvalue weighted by Crippen LogP contribution is 2.34. The molecule has 0 radical (unpaired) electrons. The Kier molecular flexibility index (Phi) is 5.72. The van der Waals surface area contributed by atoms with Crippen molar-refractivity contribution in [2.45, 2.75) is 10.9 Å². The molecule has 5 rings (SSSR count). The van der Waals surface area contributed by atoms with Crippen LogP contribution < -0.4 is 14.8 Å². The number of benzene rings is 3. The lowest BCUT2D eigenvalue weighted by Gasteiger charge is -2.24. The fraction of sp³-hybridized carbons (Fsp3) is 0.0833. The van der Waals surface area contributed by atoms with E-state index in [1.807, 2.05) is 42.5 Å². The largest absolute Gasteiger partial charge is 0.497 e. The summed E-state index contributed by atoms with van der Waals surface area (Å²) in [5.41, 5.74) is 2.64. The van der Waals surface area contributed by atoms with Crippen LogP contribution in [-0.4, -0.2) is 30.3 Å². The number of rotatable bonds is 6. The van der Waals surface area contributed by atoms with Crippen LogP contribution >= 0.6 is 11.6 Å². The van der Waals surface area contributed by atoms with Crippen LogP contribution in [0.15, 0.2) is 89.8 Å². The number of sulfonamides is 1. The van der Waals surface area contributed by atoms with Crippen molar-refractivity contribution < 1.29 is 13.2 Å². The van der Waals surface area contributed by atoms with E-state index in [0.29, 0.717) is 11.0 Å². The zero-order valence-electron chi connectivity index (χ0n) is 18.0. The third-order valence-electron chi connectivity index (χ3n) is 5.36. The predicted molar refractivity (Wildman–Crippen MR) is 131 cm³/mol. The molecule has 2 N–H and O–H groups in total. The molecule has 1 aliphatic heterocycles. The van der Waals surface area contributed by atoms with Gasteiger partial charge in [-0.1, -0.05) is 54.1 Å². The SMILES string of the molecule is COc1ccc([C@@H]2C=C(c3ccc(Cl)cc3)Nc3nc(NS(=O)(=O)c4ccccc4)nn32)cc1. The third-order valence-corrected chi connectivity index (χ3v) is 6.95. The van der Waals surface area contributed by atoms with E-state index in [0.717, 1.165) is 22.6 Å². The Morgan fingerprint density at radius 1 is 1.00 bits per heavy atom. The van der Waals surface area contributed by atoms with Crippen LogP contribution in [0, 0.1) is 0 Å². The summed E-state index contributed by atoms with van der Waals surface area (Å²) in [6.45, 7) is 0. The van der Waals surface area contributed by atoms with Crippen molar-refractivity contribution in [1.29, 1.82) is 0 Å². The van der Waals surface area contributed by atoms with E-state index in [9.17, 15) is 8.42 Å². The quantitative estimate of drug-likeness (QED) is 0.400. The molecule has 1 aromatic heterocycles. The third kappa shape index (κ3) is 4.35. The fourth-order valence-corrected chi connectivity index (χ4v) is 4.74. The molecule has 2 heterocycles. The highest BCUT2D eigenvalue weighted by atomic mass is 35.5. The Hall–Kier alpha value is -3.82. The van der Waals surface area contributed by atoms with Crippen LogP contribution in [0.2, 0.25) is 5.02 Å². The number of ether oxygens (including phenoxy) is 1. The Morgan fingerprint density at radius 2 is 1.71 bits per heavy atom. The number of fused-ring (bicyclic) bond motifs is 1. The molecule has 0 amide bonds. The molecular weight excluding hydrogens is 474 g/mol. The van der Waals surface area contributed by atoms with Gasteiger partial charge in [-0.05, 0) is 53.6 Å². The number of anilines is 2. The van der Waals surface area contributed by atoms with Crippen molar-refractivity contribution in [2.75, 3.05) is 17.1 Å². The zero-order valence-corrected chi connectivity index (χ0v) is 19.6. The molecule has 4 aromatic rings. The molecule has 0 saturated heterocycles. The van der Waals surface area contributed by atoms with Gasteiger partial charge in [-0.15, -0.1) is 5.10 Å². The smallest absolute Gasteiger partial charge is 0.264 e. The first kappa shape index (κ1) is 22.0. The van der Waals surface area contributed by atoms with Crippen LogP contribution in [0.4, 0.5) is 11.9 Å². The van der Waals surface area contributed by atoms with Gasteiger partial charge in [0.15, 0.2) is 0 Å². The van der Waals surface area contributed by atoms with E-state index in [1.54, 1.807) is 42.1 Å². The van der Waals surface area contributed by atoms with Crippen molar-refractivity contribution in [3.63, 3.8) is 0 Å². The van der Waals surface area contributed by atoms with E-state index < -0.39 is 10.0 Å². The summed E-state index contributed by atoms with van der Waals surface area (Å²) in [6, 6.07) is 22.8. The number of hydrogen-bond acceptors (Lipinski definition) is 6. The number of aromatic nitrogens is 3. The Bertz CT molecular complexity index is 1450. The highest BCUT2D eigenvalue weighted by molar-refractivity contribution is 7.92. The standard InChI is InChI=1S/C24H20ClN5O3S/c1-33-19-13-9-17(10-14-19)22-15-21(16-7-11-18(25)12-8-16)26-24-27-23(28-30(22)24)29-34(31,32)20-5-3-2-4-6-20/h2-15,22H,1H3,(H2,26,27,28,29)/t22-/m0/s1. The van der Waals surface area contributed by atoms with Crippen molar-refractivity contribution in [1.82, 2.24) is 14.8 Å². The summed E-state index contributed by atoms with van der Waals surface area (Å²) in [5, 5.41) is 8.34. The van der Waals surface area contributed by atoms with Gasteiger partial charge in [-0.3, -0.25) is 0 Å². The Morgan fingerprint density at radius 3 is 2.38 bits per heavy atom. The summed E-state index contributed by atoms with van der Waals surface area (Å²) < 4.78 is 35.0. The molecule has 10 heteroatoms. The van der Waals surface area contributed by atoms with E-state index in [2.05, 4.69) is 20.1 Å². The second-order valence-corrected chi connectivity index (χ2v) is 9.67. The minimum Gasteiger partial charge on any atom is -0.497 e. The molecule has 8 nitrogen and oxygen atoms in total. The highest BCUT2D eigenvalue weighted by Gasteiger charge is 2.27. The zero-order chi connectivity index (χ0) is 23.7. The molecule has 3 aromatic carbocycles. The van der Waals surface area contributed by atoms with Gasteiger partial charge in [0.05, 0.1) is 12.0 Å². The second kappa shape index (κ2) is 8.85. The van der Waals surface area contributed by atoms with E-state index in [1.165, 1.54) is 12.1 Å². The normalized spacial score (nSPS) is 15.1. The minimum atomic E-state index is -3.84. The monoisotopic (exact) mass is 493 g/mol. The summed E-state index contributed by atoms with van der Waals surface area (Å²) in [6.07, 6.45) is 2.00. The van der Waals surface area contributed by atoms with Crippen molar-refractivity contribution in [3.8, 4) is 5.75 Å². The topological polar surface area (TPSA) is 98.1 Å². The molecule has 0 aliphatic carbocycles. The first-order chi connectivity index (χ1) is 16.4. The van der Waals surface area contributed by atoms with Gasteiger partial charge < -0.3 is 10.1 Å². The number of halogens is 1. The van der Waals surface area contributed by atoms with Gasteiger partial charge in [0, 0.05) is 10.7 Å². The van der Waals surface area contributed by atoms with Gasteiger partial charge in [0.2, 0.25) is 5.95 Å². The van der Waals surface area contributed by atoms with E-state index in [-0.39, 0.29) is 16.9 Å². The summed E-state index contributed by atoms with van der Waals surface area (Å²) in [4.78, 5) is 4.55. The lowest BCUT2D eigenvalue weighted by molar-refractivity contribution is 0.414. The van der Waals surface area contributed by atoms with Gasteiger partial charge in [0.1, 0.15) is 11.8 Å². The lowest BCUT2D eigenvalue weighted by Crippen LogP contribution is -2.20. The molecule has 34 heavy (non-hydrogen) atoms. The maximum absolute atomic E-state index is 12.8. The molecule has 0 spiro atoms. The number of hydrogen-bond donors (Lipinski definition) is 2. The fourth-order valence-electron chi connectivity index (χ4n) is 3.65. The van der Waals surface area contributed by atoms with Crippen molar-refractivity contribution >= 4 is 39.2 Å². The molecule has 0 fully saturated rings. The van der Waals surface area contributed by atoms with Crippen LogP contribution in [0.25, 0.3) is 5.70 Å². The number of methoxy groups -OCH3 is 1. The van der Waals surface area contributed by atoms with Gasteiger partial charge in [-0.2, -0.15) is 4.98 Å². The molecular formula is C24H20ClN5O3S. The maximum atomic E-state index is 12.8. The molecule has 172 valence electrons. The summed E-state index contributed by atoms with van der Waals surface area (Å²) in [5.74, 6) is 1.10. The van der Waals surface area contributed by atoms with Gasteiger partial charge in [-0.25, -0.2) is 17.8 Å². The number of allylic oxidation sites excluding steroid dienone is 1. The Labute approximate surface area is 201 Å². The molecule has 1 atom stereocenters. The molecule has 0 bridgehead atoms. The number of nitrogens with zero attached hydrogens (tertiary/aromatic N) is 3. The summed E-state index contributed by atoms with van der Waals surface area (Å²) in [7, 11) is -2.23. The molecule has 0 unspecified atom stereocenters. The van der Waals surface area contributed by atoms with Crippen LogP contribution in [-0.2, 0) is 10.0 Å². The second-order valence-electron chi connectivity index (χ2n) is 7.55. The van der Waals surface area contributed by atoms with Crippen molar-refractivity contribution in [2.24, 2.45) is 0 Å². The van der Waals surface area contributed by atoms with Crippen molar-refractivity contribution in [3.05, 3.63) is 101 Å². The molecule has 0 saturated carbocycles. The average Bonchev–Trinajstić information content (AvgIpc) is 3.26. The lowest BCUT2D eigenvalue weighted by atomic mass is 10.0. The number of nitrogens with one attached hydrogen (secondary N) is 2. The first-order valence-corrected chi connectivity index (χ1v) is 12.2. The van der Waals surface area contributed by atoms with Gasteiger partial charge >= 0.3 is 0 Å². The minimum absolute atomic E-state index is 0.0318. The van der Waals surface area contributed by atoms with Crippen LogP contribution in [0.3, 0.4) is 0 Å². The Balaban J connectivity index is 1.54. The van der Waals surface area contributed by atoms with Gasteiger partial charge in [0.25, 0.3) is 16.0 Å². The maximum Gasteiger partial charge on any atom is 0.264 e. The van der Waals surface area contributed by atoms with E-state index in [4.69, 9.17) is 16.3 Å². The average molecular weight is 494 g/mol. The predicted octanol–water partition coefficient (Wildman–Crippen LogP) is 4.80. The van der Waals surface area contributed by atoms with Crippen LogP contribution in [0.1, 0.15) is 17.2 Å². The van der Waals surface area contributed by atoms with E-state index >= 15 is 0 Å².